The summed E-state index contributed by atoms with van der Waals surface area (Å²) in [4.78, 5) is 27.6. The lowest BCUT2D eigenvalue weighted by molar-refractivity contribution is -0.134. The Morgan fingerprint density at radius 1 is 1.29 bits per heavy atom. The summed E-state index contributed by atoms with van der Waals surface area (Å²) < 4.78 is 6.34. The van der Waals surface area contributed by atoms with Crippen molar-refractivity contribution in [1.29, 1.82) is 0 Å². The first kappa shape index (κ1) is 23.5. The molecule has 3 N–H and O–H groups in total. The van der Waals surface area contributed by atoms with E-state index in [1.165, 1.54) is 6.42 Å². The number of nitrogens with zero attached hydrogens (tertiary/aromatic N) is 1. The fourth-order valence-electron chi connectivity index (χ4n) is 4.56. The lowest BCUT2D eigenvalue weighted by atomic mass is 9.88. The number of amides is 2. The Bertz CT molecular complexity index is 763. The van der Waals surface area contributed by atoms with Crippen LogP contribution < -0.4 is 15.4 Å². The van der Waals surface area contributed by atoms with E-state index in [9.17, 15) is 14.7 Å². The van der Waals surface area contributed by atoms with E-state index in [1.54, 1.807) is 4.90 Å². The third-order valence-electron chi connectivity index (χ3n) is 6.57. The minimum Gasteiger partial charge on any atom is -0.488 e. The summed E-state index contributed by atoms with van der Waals surface area (Å²) in [6.07, 6.45) is 5.35. The first-order valence-corrected chi connectivity index (χ1v) is 11.6. The molecular weight excluding hydrogens is 394 g/mol. The van der Waals surface area contributed by atoms with Crippen LogP contribution >= 0.6 is 0 Å². The zero-order valence-electron chi connectivity index (χ0n) is 19.0. The number of nitrogens with one attached hydrogen (secondary N) is 2. The molecule has 1 aromatic rings. The summed E-state index contributed by atoms with van der Waals surface area (Å²) in [5, 5.41) is 15.9. The molecule has 0 aromatic heterocycles. The van der Waals surface area contributed by atoms with Gasteiger partial charge in [0, 0.05) is 36.2 Å². The Balaban J connectivity index is 1.85. The zero-order valence-corrected chi connectivity index (χ0v) is 19.0. The van der Waals surface area contributed by atoms with Gasteiger partial charge in [-0.3, -0.25) is 9.59 Å². The molecule has 1 fully saturated rings. The van der Waals surface area contributed by atoms with Crippen molar-refractivity contribution in [3.05, 3.63) is 23.8 Å². The van der Waals surface area contributed by atoms with Gasteiger partial charge in [0.05, 0.1) is 19.1 Å². The monoisotopic (exact) mass is 431 g/mol. The van der Waals surface area contributed by atoms with Crippen LogP contribution in [0, 0.1) is 11.8 Å². The van der Waals surface area contributed by atoms with Crippen LogP contribution in [0.2, 0.25) is 0 Å². The highest BCUT2D eigenvalue weighted by Crippen LogP contribution is 2.30. The van der Waals surface area contributed by atoms with Gasteiger partial charge in [-0.25, -0.2) is 0 Å². The van der Waals surface area contributed by atoms with Gasteiger partial charge in [-0.1, -0.05) is 26.2 Å². The third kappa shape index (κ3) is 5.98. The Kier molecular flexibility index (Phi) is 8.32. The van der Waals surface area contributed by atoms with E-state index in [-0.39, 0.29) is 48.8 Å². The molecule has 1 aromatic carbocycles. The summed E-state index contributed by atoms with van der Waals surface area (Å²) >= 11 is 0. The van der Waals surface area contributed by atoms with E-state index in [2.05, 4.69) is 17.6 Å². The zero-order chi connectivity index (χ0) is 22.4. The molecular formula is C24H37N3O4. The minimum atomic E-state index is -0.263. The molecule has 1 heterocycles. The van der Waals surface area contributed by atoms with Crippen LogP contribution in [0.1, 0.15) is 51.5 Å². The number of fused-ring (bicyclic) bond motifs is 1. The molecule has 2 amide bonds. The first-order chi connectivity index (χ1) is 14.9. The number of hydrogen-bond donors (Lipinski definition) is 3. The molecule has 0 radical (unpaired) electrons. The largest absolute Gasteiger partial charge is 0.488 e. The van der Waals surface area contributed by atoms with Crippen LogP contribution in [0.15, 0.2) is 18.2 Å². The van der Waals surface area contributed by atoms with Crippen molar-refractivity contribution in [2.45, 2.75) is 64.5 Å². The number of anilines is 1. The van der Waals surface area contributed by atoms with E-state index < -0.39 is 0 Å². The lowest BCUT2D eigenvalue weighted by Crippen LogP contribution is -2.47. The molecule has 7 heteroatoms. The number of carbonyl (C=O) groups excluding carboxylic acids is 2. The summed E-state index contributed by atoms with van der Waals surface area (Å²) in [6.45, 7) is 5.01. The summed E-state index contributed by atoms with van der Waals surface area (Å²) in [6, 6.07) is 5.32. The van der Waals surface area contributed by atoms with Gasteiger partial charge in [0.1, 0.15) is 11.9 Å². The Hall–Kier alpha value is -2.12. The number of hydrogen-bond acceptors (Lipinski definition) is 5. The van der Waals surface area contributed by atoms with Crippen LogP contribution in [0.25, 0.3) is 0 Å². The molecule has 0 saturated heterocycles. The Morgan fingerprint density at radius 3 is 2.71 bits per heavy atom. The van der Waals surface area contributed by atoms with Gasteiger partial charge in [0.2, 0.25) is 11.8 Å². The molecule has 3 rings (SSSR count). The predicted molar refractivity (Wildman–Crippen MR) is 121 cm³/mol. The average Bonchev–Trinajstić information content (AvgIpc) is 2.82. The Labute approximate surface area is 185 Å². The molecule has 0 bridgehead atoms. The van der Waals surface area contributed by atoms with Gasteiger partial charge < -0.3 is 25.4 Å². The minimum absolute atomic E-state index is 0.0425. The van der Waals surface area contributed by atoms with Crippen molar-refractivity contribution < 1.29 is 19.4 Å². The maximum Gasteiger partial charge on any atom is 0.227 e. The maximum atomic E-state index is 13.1. The maximum absolute atomic E-state index is 13.1. The third-order valence-corrected chi connectivity index (χ3v) is 6.57. The molecule has 172 valence electrons. The van der Waals surface area contributed by atoms with Crippen LogP contribution in [0.5, 0.6) is 5.75 Å². The second kappa shape index (κ2) is 11.0. The normalized spacial score (nSPS) is 23.7. The molecule has 2 aliphatic rings. The summed E-state index contributed by atoms with van der Waals surface area (Å²) in [5.74, 6) is 0.849. The van der Waals surface area contributed by atoms with E-state index in [4.69, 9.17) is 4.74 Å². The van der Waals surface area contributed by atoms with E-state index >= 15 is 0 Å². The number of ether oxygens (including phenoxy) is 1. The lowest BCUT2D eigenvalue weighted by Gasteiger charge is -2.32. The van der Waals surface area contributed by atoms with Crippen molar-refractivity contribution in [2.24, 2.45) is 11.8 Å². The summed E-state index contributed by atoms with van der Waals surface area (Å²) in [5.41, 5.74) is 1.46. The van der Waals surface area contributed by atoms with Gasteiger partial charge in [0.15, 0.2) is 0 Å². The fourth-order valence-corrected chi connectivity index (χ4v) is 4.56. The fraction of sp³-hybridized carbons (Fsp3) is 0.667. The standard InChI is InChI=1S/C24H37N3O4/c1-16-14-27(17(2)15-28)23(29)12-19-11-20(9-10-21(19)31-22(16)13-25-3)26-24(30)18-7-5-4-6-8-18/h9-11,16-18,22,25,28H,4-8,12-15H2,1-3H3,(H,26,30)/t16-,17-,22-/m1/s1. The number of likely N-dealkylation sites (N-methyl/N-ethyl adjacent to an activating group) is 1. The molecule has 31 heavy (non-hydrogen) atoms. The van der Waals surface area contributed by atoms with Crippen LogP contribution in [0.3, 0.4) is 0 Å². The number of benzene rings is 1. The van der Waals surface area contributed by atoms with E-state index in [1.807, 2.05) is 32.2 Å². The SMILES string of the molecule is CNC[C@H]1Oc2ccc(NC(=O)C3CCCCC3)cc2CC(=O)N([C@H](C)CO)C[C@H]1C. The second-order valence-corrected chi connectivity index (χ2v) is 9.09. The molecule has 1 aliphatic carbocycles. The van der Waals surface area contributed by atoms with Crippen molar-refractivity contribution in [3.8, 4) is 5.75 Å². The van der Waals surface area contributed by atoms with Gasteiger partial charge in [0.25, 0.3) is 0 Å². The van der Waals surface area contributed by atoms with Gasteiger partial charge in [-0.05, 0) is 45.0 Å². The first-order valence-electron chi connectivity index (χ1n) is 11.6. The average molecular weight is 432 g/mol. The molecule has 3 atom stereocenters. The van der Waals surface area contributed by atoms with Crippen LogP contribution in [-0.2, 0) is 16.0 Å². The molecule has 0 unspecified atom stereocenters. The number of aliphatic hydroxyl groups excluding tert-OH is 1. The highest BCUT2D eigenvalue weighted by molar-refractivity contribution is 5.93. The van der Waals surface area contributed by atoms with Gasteiger partial charge >= 0.3 is 0 Å². The quantitative estimate of drug-likeness (QED) is 0.644. The topological polar surface area (TPSA) is 90.9 Å². The van der Waals surface area contributed by atoms with Crippen molar-refractivity contribution in [1.82, 2.24) is 10.2 Å². The van der Waals surface area contributed by atoms with E-state index in [0.29, 0.717) is 24.5 Å². The van der Waals surface area contributed by atoms with Gasteiger partial charge in [-0.2, -0.15) is 0 Å². The number of rotatable bonds is 6. The van der Waals surface area contributed by atoms with Crippen molar-refractivity contribution in [3.63, 3.8) is 0 Å². The number of carbonyl (C=O) groups is 2. The van der Waals surface area contributed by atoms with Crippen molar-refractivity contribution in [2.75, 3.05) is 32.1 Å². The molecule has 0 spiro atoms. The van der Waals surface area contributed by atoms with Gasteiger partial charge in [-0.15, -0.1) is 0 Å². The predicted octanol–water partition coefficient (Wildman–Crippen LogP) is 2.57. The molecule has 7 nitrogen and oxygen atoms in total. The number of aliphatic hydroxyl groups is 1. The smallest absolute Gasteiger partial charge is 0.227 e. The summed E-state index contributed by atoms with van der Waals surface area (Å²) in [7, 11) is 1.88. The highest BCUT2D eigenvalue weighted by atomic mass is 16.5. The van der Waals surface area contributed by atoms with Crippen LogP contribution in [-0.4, -0.2) is 60.7 Å². The molecule has 1 saturated carbocycles. The van der Waals surface area contributed by atoms with Crippen molar-refractivity contribution >= 4 is 17.5 Å². The van der Waals surface area contributed by atoms with E-state index in [0.717, 1.165) is 31.2 Å². The Morgan fingerprint density at radius 2 is 2.03 bits per heavy atom. The van der Waals surface area contributed by atoms with Crippen LogP contribution in [0.4, 0.5) is 5.69 Å². The second-order valence-electron chi connectivity index (χ2n) is 9.09. The highest BCUT2D eigenvalue weighted by Gasteiger charge is 2.30. The molecule has 1 aliphatic heterocycles.